The molecule has 112 valence electrons. The van der Waals surface area contributed by atoms with Crippen molar-refractivity contribution in [2.75, 3.05) is 0 Å². The fraction of sp³-hybridized carbons (Fsp3) is 0. The van der Waals surface area contributed by atoms with Crippen molar-refractivity contribution in [3.63, 3.8) is 0 Å². The molecule has 4 nitrogen and oxygen atoms in total. The predicted octanol–water partition coefficient (Wildman–Crippen LogP) is 4.84. The van der Waals surface area contributed by atoms with Crippen LogP contribution in [-0.2, 0) is 0 Å². The number of benzene rings is 2. The molecule has 4 rings (SSSR count). The molecule has 2 aromatic carbocycles. The first-order valence-corrected chi connectivity index (χ1v) is 7.51. The van der Waals surface area contributed by atoms with E-state index in [4.69, 9.17) is 16.3 Å². The summed E-state index contributed by atoms with van der Waals surface area (Å²) >= 11 is 5.97. The summed E-state index contributed by atoms with van der Waals surface area (Å²) in [5.74, 6) is 1.59. The van der Waals surface area contributed by atoms with Crippen LogP contribution in [0.15, 0.2) is 72.9 Å². The Labute approximate surface area is 137 Å². The number of halogens is 1. The van der Waals surface area contributed by atoms with Crippen LogP contribution >= 0.6 is 11.6 Å². The van der Waals surface area contributed by atoms with Crippen molar-refractivity contribution in [1.29, 1.82) is 0 Å². The normalized spacial score (nSPS) is 10.8. The molecule has 23 heavy (non-hydrogen) atoms. The number of aromatic nitrogens is 3. The molecule has 0 fully saturated rings. The lowest BCUT2D eigenvalue weighted by molar-refractivity contribution is 0.483. The molecule has 0 bridgehead atoms. The van der Waals surface area contributed by atoms with Gasteiger partial charge >= 0.3 is 0 Å². The minimum atomic E-state index is 0.431. The van der Waals surface area contributed by atoms with Crippen molar-refractivity contribution < 1.29 is 4.74 Å². The summed E-state index contributed by atoms with van der Waals surface area (Å²) < 4.78 is 7.53. The van der Waals surface area contributed by atoms with Gasteiger partial charge in [0.2, 0.25) is 0 Å². The average Bonchev–Trinajstić information content (AvgIpc) is 2.99. The Hall–Kier alpha value is -2.85. The molecule has 5 heteroatoms. The number of hydrogen-bond acceptors (Lipinski definition) is 3. The van der Waals surface area contributed by atoms with Gasteiger partial charge in [-0.3, -0.25) is 0 Å². The third-order valence-corrected chi connectivity index (χ3v) is 3.66. The second-order valence-corrected chi connectivity index (χ2v) is 5.40. The zero-order valence-electron chi connectivity index (χ0n) is 12.1. The van der Waals surface area contributed by atoms with Gasteiger partial charge in [-0.1, -0.05) is 29.8 Å². The maximum absolute atomic E-state index is 5.97. The Balaban J connectivity index is 1.66. The minimum Gasteiger partial charge on any atom is -0.457 e. The zero-order valence-corrected chi connectivity index (χ0v) is 12.8. The van der Waals surface area contributed by atoms with Crippen LogP contribution in [-0.4, -0.2) is 14.6 Å². The van der Waals surface area contributed by atoms with E-state index in [0.29, 0.717) is 5.15 Å². The van der Waals surface area contributed by atoms with Gasteiger partial charge in [-0.15, -0.1) is 0 Å². The van der Waals surface area contributed by atoms with E-state index in [1.54, 1.807) is 16.8 Å². The van der Waals surface area contributed by atoms with Crippen molar-refractivity contribution in [2.45, 2.75) is 0 Å². The molecule has 0 radical (unpaired) electrons. The number of hydrogen-bond donors (Lipinski definition) is 0. The Kier molecular flexibility index (Phi) is 3.44. The molecule has 2 aromatic heterocycles. The van der Waals surface area contributed by atoms with E-state index in [2.05, 4.69) is 10.1 Å². The zero-order chi connectivity index (χ0) is 15.6. The first kappa shape index (κ1) is 13.8. The van der Waals surface area contributed by atoms with E-state index in [9.17, 15) is 0 Å². The van der Waals surface area contributed by atoms with Crippen LogP contribution in [0.3, 0.4) is 0 Å². The summed E-state index contributed by atoms with van der Waals surface area (Å²) in [6, 6.07) is 21.0. The highest BCUT2D eigenvalue weighted by Gasteiger charge is 2.08. The van der Waals surface area contributed by atoms with Gasteiger partial charge in [-0.25, -0.2) is 9.50 Å². The smallest absolute Gasteiger partial charge is 0.154 e. The first-order valence-electron chi connectivity index (χ1n) is 7.13. The Morgan fingerprint density at radius 2 is 1.57 bits per heavy atom. The fourth-order valence-corrected chi connectivity index (χ4v) is 2.50. The first-order chi connectivity index (χ1) is 11.3. The molecule has 0 aliphatic heterocycles. The van der Waals surface area contributed by atoms with Gasteiger partial charge in [-0.05, 0) is 48.5 Å². The lowest BCUT2D eigenvalue weighted by Gasteiger charge is -2.06. The highest BCUT2D eigenvalue weighted by atomic mass is 35.5. The SMILES string of the molecule is Clc1ccc2ncc(-c3ccc(Oc4ccccc4)cc3)n2n1. The maximum Gasteiger partial charge on any atom is 0.154 e. The fourth-order valence-electron chi connectivity index (χ4n) is 2.37. The summed E-state index contributed by atoms with van der Waals surface area (Å²) in [4.78, 5) is 4.34. The lowest BCUT2D eigenvalue weighted by Crippen LogP contribution is -1.94. The third-order valence-electron chi connectivity index (χ3n) is 3.46. The number of ether oxygens (including phenoxy) is 1. The molecule has 2 heterocycles. The van der Waals surface area contributed by atoms with E-state index in [1.165, 1.54) is 0 Å². The van der Waals surface area contributed by atoms with Crippen LogP contribution in [0.4, 0.5) is 0 Å². The van der Waals surface area contributed by atoms with Crippen molar-refractivity contribution in [3.05, 3.63) is 78.1 Å². The Morgan fingerprint density at radius 3 is 2.35 bits per heavy atom. The summed E-state index contributed by atoms with van der Waals surface area (Å²) in [5, 5.41) is 4.72. The quantitative estimate of drug-likeness (QED) is 0.542. The average molecular weight is 322 g/mol. The molecular formula is C18H12ClN3O. The number of rotatable bonds is 3. The number of fused-ring (bicyclic) bond motifs is 1. The molecule has 0 amide bonds. The van der Waals surface area contributed by atoms with Crippen LogP contribution in [0.25, 0.3) is 16.9 Å². The van der Waals surface area contributed by atoms with Gasteiger partial charge in [0.25, 0.3) is 0 Å². The van der Waals surface area contributed by atoms with Crippen molar-refractivity contribution in [2.24, 2.45) is 0 Å². The molecule has 0 aliphatic carbocycles. The summed E-state index contributed by atoms with van der Waals surface area (Å²) in [5.41, 5.74) is 2.63. The van der Waals surface area contributed by atoms with Crippen molar-refractivity contribution >= 4 is 17.2 Å². The third kappa shape index (κ3) is 2.76. The number of imidazole rings is 1. The van der Waals surface area contributed by atoms with Crippen LogP contribution in [0, 0.1) is 0 Å². The topological polar surface area (TPSA) is 39.4 Å². The van der Waals surface area contributed by atoms with E-state index < -0.39 is 0 Å². The second kappa shape index (κ2) is 5.74. The maximum atomic E-state index is 5.97. The highest BCUT2D eigenvalue weighted by molar-refractivity contribution is 6.29. The van der Waals surface area contributed by atoms with Gasteiger partial charge in [0.1, 0.15) is 16.7 Å². The van der Waals surface area contributed by atoms with Crippen LogP contribution in [0.5, 0.6) is 11.5 Å². The number of para-hydroxylation sites is 1. The standard InChI is InChI=1S/C18H12ClN3O/c19-17-10-11-18-20-12-16(22(18)21-17)13-6-8-15(9-7-13)23-14-4-2-1-3-5-14/h1-12H. The molecule has 0 spiro atoms. The molecule has 0 saturated carbocycles. The number of nitrogens with zero attached hydrogens (tertiary/aromatic N) is 3. The second-order valence-electron chi connectivity index (χ2n) is 5.01. The van der Waals surface area contributed by atoms with Crippen LogP contribution in [0.1, 0.15) is 0 Å². The van der Waals surface area contributed by atoms with Crippen molar-refractivity contribution in [3.8, 4) is 22.8 Å². The largest absolute Gasteiger partial charge is 0.457 e. The summed E-state index contributed by atoms with van der Waals surface area (Å²) in [6.07, 6.45) is 1.78. The molecule has 0 aliphatic rings. The minimum absolute atomic E-state index is 0.431. The lowest BCUT2D eigenvalue weighted by atomic mass is 10.1. The Bertz CT molecular complexity index is 949. The van der Waals surface area contributed by atoms with Crippen molar-refractivity contribution in [1.82, 2.24) is 14.6 Å². The van der Waals surface area contributed by atoms with E-state index in [-0.39, 0.29) is 0 Å². The van der Waals surface area contributed by atoms with E-state index in [1.807, 2.05) is 60.7 Å². The van der Waals surface area contributed by atoms with Crippen LogP contribution in [0.2, 0.25) is 5.15 Å². The predicted molar refractivity (Wildman–Crippen MR) is 89.9 cm³/mol. The molecule has 0 atom stereocenters. The summed E-state index contributed by atoms with van der Waals surface area (Å²) in [6.45, 7) is 0. The monoisotopic (exact) mass is 321 g/mol. The Morgan fingerprint density at radius 1 is 0.826 bits per heavy atom. The molecular weight excluding hydrogens is 310 g/mol. The highest BCUT2D eigenvalue weighted by Crippen LogP contribution is 2.26. The van der Waals surface area contributed by atoms with Gasteiger partial charge in [0, 0.05) is 5.56 Å². The van der Waals surface area contributed by atoms with Crippen LogP contribution < -0.4 is 4.74 Å². The van der Waals surface area contributed by atoms with Gasteiger partial charge in [0.05, 0.1) is 11.9 Å². The van der Waals surface area contributed by atoms with E-state index in [0.717, 1.165) is 28.4 Å². The van der Waals surface area contributed by atoms with Gasteiger partial charge in [-0.2, -0.15) is 5.10 Å². The summed E-state index contributed by atoms with van der Waals surface area (Å²) in [7, 11) is 0. The van der Waals surface area contributed by atoms with Gasteiger partial charge < -0.3 is 4.74 Å². The molecule has 0 N–H and O–H groups in total. The molecule has 0 saturated heterocycles. The molecule has 0 unspecified atom stereocenters. The van der Waals surface area contributed by atoms with E-state index >= 15 is 0 Å². The molecule has 4 aromatic rings. The van der Waals surface area contributed by atoms with Gasteiger partial charge in [0.15, 0.2) is 5.65 Å².